The normalized spacial score (nSPS) is 18.7. The molecule has 1 atom stereocenters. The van der Waals surface area contributed by atoms with Gasteiger partial charge >= 0.3 is 0 Å². The number of amides is 1. The lowest BCUT2D eigenvalue weighted by Gasteiger charge is -2.32. The smallest absolute Gasteiger partial charge is 0.227 e. The van der Waals surface area contributed by atoms with E-state index in [1.807, 2.05) is 31.2 Å². The highest BCUT2D eigenvalue weighted by molar-refractivity contribution is 7.88. The fourth-order valence-electron chi connectivity index (χ4n) is 2.76. The fourth-order valence-corrected chi connectivity index (χ4v) is 3.56. The monoisotopic (exact) mass is 340 g/mol. The standard InChI is InChI=1S/C16H24N2O4S/c1-3-22-15-8-6-13(7-9-15)11-16(19)18-10-4-5-14(12-18)17-23(2,20)21/h6-9,14,17H,3-5,10-12H2,1-2H3. The van der Waals surface area contributed by atoms with Gasteiger partial charge in [0.2, 0.25) is 15.9 Å². The van der Waals surface area contributed by atoms with Crippen LogP contribution in [0.1, 0.15) is 25.3 Å². The molecule has 23 heavy (non-hydrogen) atoms. The fraction of sp³-hybridized carbons (Fsp3) is 0.562. The van der Waals surface area contributed by atoms with Crippen molar-refractivity contribution in [1.82, 2.24) is 9.62 Å². The summed E-state index contributed by atoms with van der Waals surface area (Å²) in [5, 5.41) is 0. The Morgan fingerprint density at radius 1 is 1.35 bits per heavy atom. The number of hydrogen-bond acceptors (Lipinski definition) is 4. The second-order valence-electron chi connectivity index (χ2n) is 5.82. The van der Waals surface area contributed by atoms with Gasteiger partial charge in [-0.1, -0.05) is 12.1 Å². The number of benzene rings is 1. The van der Waals surface area contributed by atoms with Gasteiger partial charge in [-0.3, -0.25) is 4.79 Å². The third-order valence-corrected chi connectivity index (χ3v) is 4.51. The van der Waals surface area contributed by atoms with Crippen molar-refractivity contribution in [1.29, 1.82) is 0 Å². The number of rotatable bonds is 6. The minimum atomic E-state index is -3.24. The largest absolute Gasteiger partial charge is 0.494 e. The highest BCUT2D eigenvalue weighted by Crippen LogP contribution is 2.15. The highest BCUT2D eigenvalue weighted by atomic mass is 32.2. The molecule has 1 N–H and O–H groups in total. The second kappa shape index (κ2) is 7.79. The molecule has 128 valence electrons. The highest BCUT2D eigenvalue weighted by Gasteiger charge is 2.25. The van der Waals surface area contributed by atoms with E-state index >= 15 is 0 Å². The molecule has 0 saturated carbocycles. The van der Waals surface area contributed by atoms with Crippen molar-refractivity contribution in [3.05, 3.63) is 29.8 Å². The summed E-state index contributed by atoms with van der Waals surface area (Å²) < 4.78 is 30.6. The minimum Gasteiger partial charge on any atom is -0.494 e. The summed E-state index contributed by atoms with van der Waals surface area (Å²) in [5.41, 5.74) is 0.927. The summed E-state index contributed by atoms with van der Waals surface area (Å²) in [7, 11) is -3.24. The summed E-state index contributed by atoms with van der Waals surface area (Å²) in [4.78, 5) is 14.1. The van der Waals surface area contributed by atoms with Crippen LogP contribution in [0.15, 0.2) is 24.3 Å². The van der Waals surface area contributed by atoms with Gasteiger partial charge in [-0.2, -0.15) is 0 Å². The van der Waals surface area contributed by atoms with Crippen LogP contribution in [-0.4, -0.2) is 51.2 Å². The molecule has 0 aliphatic carbocycles. The van der Waals surface area contributed by atoms with Gasteiger partial charge in [0.05, 0.1) is 19.3 Å². The Bertz CT molecular complexity index is 628. The van der Waals surface area contributed by atoms with Crippen LogP contribution in [0.3, 0.4) is 0 Å². The van der Waals surface area contributed by atoms with E-state index in [0.717, 1.165) is 30.4 Å². The number of carbonyl (C=O) groups is 1. The van der Waals surface area contributed by atoms with Gasteiger partial charge in [-0.15, -0.1) is 0 Å². The van der Waals surface area contributed by atoms with Crippen LogP contribution >= 0.6 is 0 Å². The first-order valence-corrected chi connectivity index (χ1v) is 9.73. The van der Waals surface area contributed by atoms with Gasteiger partial charge in [0.25, 0.3) is 0 Å². The first-order valence-electron chi connectivity index (χ1n) is 7.84. The number of ether oxygens (including phenoxy) is 1. The van der Waals surface area contributed by atoms with E-state index in [-0.39, 0.29) is 11.9 Å². The maximum Gasteiger partial charge on any atom is 0.227 e. The third-order valence-electron chi connectivity index (χ3n) is 3.74. The topological polar surface area (TPSA) is 75.7 Å². The van der Waals surface area contributed by atoms with Gasteiger partial charge in [0, 0.05) is 19.1 Å². The predicted molar refractivity (Wildman–Crippen MR) is 88.9 cm³/mol. The number of likely N-dealkylation sites (tertiary alicyclic amines) is 1. The molecule has 7 heteroatoms. The molecule has 1 aromatic rings. The first kappa shape index (κ1) is 17.7. The third kappa shape index (κ3) is 5.84. The molecule has 1 aliphatic heterocycles. The molecular formula is C16H24N2O4S. The molecule has 1 fully saturated rings. The van der Waals surface area contributed by atoms with Gasteiger partial charge in [-0.05, 0) is 37.5 Å². The molecular weight excluding hydrogens is 316 g/mol. The Labute approximate surface area is 137 Å². The van der Waals surface area contributed by atoms with E-state index in [1.165, 1.54) is 0 Å². The molecule has 0 bridgehead atoms. The molecule has 1 aromatic carbocycles. The van der Waals surface area contributed by atoms with E-state index in [0.29, 0.717) is 26.1 Å². The zero-order chi connectivity index (χ0) is 16.9. The van der Waals surface area contributed by atoms with Gasteiger partial charge in [-0.25, -0.2) is 13.1 Å². The molecule has 6 nitrogen and oxygen atoms in total. The number of nitrogens with one attached hydrogen (secondary N) is 1. The van der Waals surface area contributed by atoms with Crippen LogP contribution in [-0.2, 0) is 21.2 Å². The van der Waals surface area contributed by atoms with Crippen molar-refractivity contribution in [2.24, 2.45) is 0 Å². The number of sulfonamides is 1. The van der Waals surface area contributed by atoms with Crippen molar-refractivity contribution in [3.8, 4) is 5.75 Å². The molecule has 1 unspecified atom stereocenters. The zero-order valence-electron chi connectivity index (χ0n) is 13.6. The quantitative estimate of drug-likeness (QED) is 0.843. The number of piperidine rings is 1. The lowest BCUT2D eigenvalue weighted by atomic mass is 10.0. The molecule has 1 amide bonds. The maximum atomic E-state index is 12.4. The summed E-state index contributed by atoms with van der Waals surface area (Å²) in [5.74, 6) is 0.813. The summed E-state index contributed by atoms with van der Waals surface area (Å²) in [6, 6.07) is 7.30. The Morgan fingerprint density at radius 3 is 2.65 bits per heavy atom. The van der Waals surface area contributed by atoms with E-state index in [4.69, 9.17) is 4.74 Å². The average molecular weight is 340 g/mol. The maximum absolute atomic E-state index is 12.4. The Kier molecular flexibility index (Phi) is 6.01. The van der Waals surface area contributed by atoms with Gasteiger partial charge in [0.1, 0.15) is 5.75 Å². The van der Waals surface area contributed by atoms with Gasteiger partial charge < -0.3 is 9.64 Å². The van der Waals surface area contributed by atoms with E-state index in [2.05, 4.69) is 4.72 Å². The minimum absolute atomic E-state index is 0.0224. The average Bonchev–Trinajstić information content (AvgIpc) is 2.48. The van der Waals surface area contributed by atoms with Crippen molar-refractivity contribution in [2.75, 3.05) is 26.0 Å². The number of nitrogens with zero attached hydrogens (tertiary/aromatic N) is 1. The molecule has 1 aliphatic rings. The molecule has 1 saturated heterocycles. The Morgan fingerprint density at radius 2 is 2.04 bits per heavy atom. The van der Waals surface area contributed by atoms with Crippen LogP contribution in [0.5, 0.6) is 5.75 Å². The number of carbonyl (C=O) groups excluding carboxylic acids is 1. The van der Waals surface area contributed by atoms with Crippen molar-refractivity contribution in [3.63, 3.8) is 0 Å². The van der Waals surface area contributed by atoms with Crippen LogP contribution in [0.2, 0.25) is 0 Å². The lowest BCUT2D eigenvalue weighted by molar-refractivity contribution is -0.131. The Balaban J connectivity index is 1.91. The van der Waals surface area contributed by atoms with E-state index in [9.17, 15) is 13.2 Å². The van der Waals surface area contributed by atoms with Crippen molar-refractivity contribution in [2.45, 2.75) is 32.2 Å². The molecule has 0 aromatic heterocycles. The second-order valence-corrected chi connectivity index (χ2v) is 7.60. The van der Waals surface area contributed by atoms with E-state index in [1.54, 1.807) is 4.90 Å². The Hall–Kier alpha value is -1.60. The van der Waals surface area contributed by atoms with Crippen molar-refractivity contribution < 1.29 is 17.9 Å². The lowest BCUT2D eigenvalue weighted by Crippen LogP contribution is -2.49. The van der Waals surface area contributed by atoms with Crippen LogP contribution < -0.4 is 9.46 Å². The summed E-state index contributed by atoms with van der Waals surface area (Å²) in [6.45, 7) is 3.65. The van der Waals surface area contributed by atoms with Gasteiger partial charge in [0.15, 0.2) is 0 Å². The van der Waals surface area contributed by atoms with Crippen LogP contribution in [0.25, 0.3) is 0 Å². The van der Waals surface area contributed by atoms with Crippen molar-refractivity contribution >= 4 is 15.9 Å². The molecule has 1 heterocycles. The summed E-state index contributed by atoms with van der Waals surface area (Å²) in [6.07, 6.45) is 3.04. The zero-order valence-corrected chi connectivity index (χ0v) is 14.4. The number of hydrogen-bond donors (Lipinski definition) is 1. The predicted octanol–water partition coefficient (Wildman–Crippen LogP) is 1.17. The summed E-state index contributed by atoms with van der Waals surface area (Å²) >= 11 is 0. The molecule has 2 rings (SSSR count). The first-order chi connectivity index (χ1) is 10.9. The van der Waals surface area contributed by atoms with E-state index < -0.39 is 10.0 Å². The van der Waals surface area contributed by atoms with Crippen LogP contribution in [0, 0.1) is 0 Å². The molecule has 0 radical (unpaired) electrons. The molecule has 0 spiro atoms. The SMILES string of the molecule is CCOc1ccc(CC(=O)N2CCCC(NS(C)(=O)=O)C2)cc1. The van der Waals surface area contributed by atoms with Crippen LogP contribution in [0.4, 0.5) is 0 Å².